The van der Waals surface area contributed by atoms with Crippen LogP contribution < -0.4 is 10.6 Å². The van der Waals surface area contributed by atoms with Crippen LogP contribution in [0.15, 0.2) is 36.5 Å². The normalized spacial score (nSPS) is 16.8. The van der Waals surface area contributed by atoms with Crippen LogP contribution in [0.25, 0.3) is 0 Å². The van der Waals surface area contributed by atoms with Crippen LogP contribution in [0.2, 0.25) is 0 Å². The van der Waals surface area contributed by atoms with E-state index in [2.05, 4.69) is 36.6 Å². The van der Waals surface area contributed by atoms with E-state index in [9.17, 15) is 4.79 Å². The summed E-state index contributed by atoms with van der Waals surface area (Å²) in [5.74, 6) is -1.04. The van der Waals surface area contributed by atoms with Gasteiger partial charge in [0.05, 0.1) is 5.92 Å². The third-order valence-corrected chi connectivity index (χ3v) is 2.84. The van der Waals surface area contributed by atoms with Gasteiger partial charge in [-0.25, -0.2) is 0 Å². The zero-order valence-electron chi connectivity index (χ0n) is 13.3. The summed E-state index contributed by atoms with van der Waals surface area (Å²) in [6, 6.07) is 0. The second kappa shape index (κ2) is 15.0. The van der Waals surface area contributed by atoms with E-state index >= 15 is 0 Å². The fourth-order valence-electron chi connectivity index (χ4n) is 1.65. The molecule has 0 bridgehead atoms. The van der Waals surface area contributed by atoms with Crippen LogP contribution in [-0.2, 0) is 4.79 Å². The molecular formula is C17H30N2O2. The predicted octanol–water partition coefficient (Wildman–Crippen LogP) is 2.75. The number of carboxylic acid groups (broad SMARTS) is 1. The third kappa shape index (κ3) is 13.4. The SMILES string of the molecule is CCCNCC=CCNCCC.O=C(O)C1C=CC=CC1. The minimum atomic E-state index is -0.740. The quantitative estimate of drug-likeness (QED) is 0.452. The standard InChI is InChI=1S/C10H22N2.C7H8O2/c1-3-7-11-9-5-6-10-12-8-4-2;8-7(9)6-4-2-1-3-5-6/h5-6,11-12H,3-4,7-10H2,1-2H3;1-4,6H,5H2,(H,8,9). The minimum Gasteiger partial charge on any atom is -0.481 e. The fraction of sp³-hybridized carbons (Fsp3) is 0.588. The van der Waals surface area contributed by atoms with Crippen molar-refractivity contribution in [2.75, 3.05) is 26.2 Å². The molecule has 120 valence electrons. The highest BCUT2D eigenvalue weighted by Gasteiger charge is 2.12. The van der Waals surface area contributed by atoms with E-state index < -0.39 is 5.97 Å². The topological polar surface area (TPSA) is 61.4 Å². The number of carbonyl (C=O) groups is 1. The van der Waals surface area contributed by atoms with Gasteiger partial charge in [-0.2, -0.15) is 0 Å². The zero-order valence-corrected chi connectivity index (χ0v) is 13.3. The van der Waals surface area contributed by atoms with Gasteiger partial charge in [-0.15, -0.1) is 0 Å². The molecule has 0 fully saturated rings. The van der Waals surface area contributed by atoms with Crippen LogP contribution in [0, 0.1) is 5.92 Å². The van der Waals surface area contributed by atoms with Crippen molar-refractivity contribution in [3.63, 3.8) is 0 Å². The van der Waals surface area contributed by atoms with Gasteiger partial charge in [-0.05, 0) is 32.4 Å². The average molecular weight is 294 g/mol. The second-order valence-corrected chi connectivity index (χ2v) is 4.87. The van der Waals surface area contributed by atoms with Gasteiger partial charge in [-0.3, -0.25) is 4.79 Å². The van der Waals surface area contributed by atoms with E-state index in [4.69, 9.17) is 5.11 Å². The van der Waals surface area contributed by atoms with Crippen molar-refractivity contribution in [2.45, 2.75) is 33.1 Å². The summed E-state index contributed by atoms with van der Waals surface area (Å²) in [5.41, 5.74) is 0. The molecule has 0 amide bonds. The fourth-order valence-corrected chi connectivity index (χ4v) is 1.65. The Balaban J connectivity index is 0.000000394. The Bertz CT molecular complexity index is 324. The van der Waals surface area contributed by atoms with Gasteiger partial charge in [0.1, 0.15) is 0 Å². The lowest BCUT2D eigenvalue weighted by Crippen LogP contribution is -2.16. The van der Waals surface area contributed by atoms with E-state index in [0.717, 1.165) is 26.2 Å². The van der Waals surface area contributed by atoms with Gasteiger partial charge in [0.15, 0.2) is 0 Å². The van der Waals surface area contributed by atoms with Gasteiger partial charge in [0.25, 0.3) is 0 Å². The number of allylic oxidation sites excluding steroid dienone is 3. The Hall–Kier alpha value is -1.39. The Labute approximate surface area is 129 Å². The number of hydrogen-bond donors (Lipinski definition) is 3. The predicted molar refractivity (Wildman–Crippen MR) is 89.5 cm³/mol. The van der Waals surface area contributed by atoms with Crippen molar-refractivity contribution in [2.24, 2.45) is 5.92 Å². The Morgan fingerprint density at radius 3 is 2.05 bits per heavy atom. The number of carboxylic acids is 1. The molecule has 3 N–H and O–H groups in total. The molecule has 1 aliphatic carbocycles. The second-order valence-electron chi connectivity index (χ2n) is 4.87. The maximum atomic E-state index is 10.3. The molecule has 4 nitrogen and oxygen atoms in total. The number of rotatable bonds is 9. The maximum absolute atomic E-state index is 10.3. The highest BCUT2D eigenvalue weighted by molar-refractivity contribution is 5.72. The first kappa shape index (κ1) is 19.6. The molecule has 0 aromatic carbocycles. The maximum Gasteiger partial charge on any atom is 0.310 e. The van der Waals surface area contributed by atoms with Gasteiger partial charge >= 0.3 is 5.97 Å². The van der Waals surface area contributed by atoms with Crippen molar-refractivity contribution in [3.05, 3.63) is 36.5 Å². The van der Waals surface area contributed by atoms with Crippen molar-refractivity contribution in [1.82, 2.24) is 10.6 Å². The number of nitrogens with one attached hydrogen (secondary N) is 2. The highest BCUT2D eigenvalue weighted by atomic mass is 16.4. The van der Waals surface area contributed by atoms with Crippen molar-refractivity contribution in [3.8, 4) is 0 Å². The molecule has 0 heterocycles. The van der Waals surface area contributed by atoms with E-state index in [-0.39, 0.29) is 5.92 Å². The molecule has 0 radical (unpaired) electrons. The van der Waals surface area contributed by atoms with Crippen molar-refractivity contribution in [1.29, 1.82) is 0 Å². The molecule has 0 saturated carbocycles. The summed E-state index contributed by atoms with van der Waals surface area (Å²) in [7, 11) is 0. The Kier molecular flexibility index (Phi) is 14.0. The lowest BCUT2D eigenvalue weighted by Gasteiger charge is -2.04. The summed E-state index contributed by atoms with van der Waals surface area (Å²) >= 11 is 0. The number of aliphatic carboxylic acids is 1. The average Bonchev–Trinajstić information content (AvgIpc) is 2.51. The molecule has 1 atom stereocenters. The smallest absolute Gasteiger partial charge is 0.310 e. The molecule has 0 spiro atoms. The van der Waals surface area contributed by atoms with Gasteiger partial charge in [0, 0.05) is 13.1 Å². The minimum absolute atomic E-state index is 0.296. The van der Waals surface area contributed by atoms with Crippen LogP contribution in [0.4, 0.5) is 0 Å². The van der Waals surface area contributed by atoms with Gasteiger partial charge < -0.3 is 15.7 Å². The van der Waals surface area contributed by atoms with Gasteiger partial charge in [-0.1, -0.05) is 50.3 Å². The molecule has 0 saturated heterocycles. The van der Waals surface area contributed by atoms with E-state index in [1.807, 2.05) is 12.2 Å². The first-order valence-electron chi connectivity index (χ1n) is 7.84. The van der Waals surface area contributed by atoms with Crippen molar-refractivity contribution >= 4 is 5.97 Å². The Morgan fingerprint density at radius 1 is 1.14 bits per heavy atom. The Morgan fingerprint density at radius 2 is 1.71 bits per heavy atom. The summed E-state index contributed by atoms with van der Waals surface area (Å²) in [5, 5.41) is 15.1. The summed E-state index contributed by atoms with van der Waals surface area (Å²) < 4.78 is 0. The van der Waals surface area contributed by atoms with E-state index in [0.29, 0.717) is 6.42 Å². The molecule has 0 aromatic heterocycles. The molecule has 1 aliphatic rings. The molecule has 21 heavy (non-hydrogen) atoms. The zero-order chi connectivity index (χ0) is 15.8. The highest BCUT2D eigenvalue weighted by Crippen LogP contribution is 2.10. The molecule has 1 rings (SSSR count). The molecule has 0 aliphatic heterocycles. The molecule has 0 aromatic rings. The monoisotopic (exact) mass is 294 g/mol. The van der Waals surface area contributed by atoms with Crippen LogP contribution >= 0.6 is 0 Å². The lowest BCUT2D eigenvalue weighted by atomic mass is 10.0. The van der Waals surface area contributed by atoms with Crippen molar-refractivity contribution < 1.29 is 9.90 Å². The summed E-state index contributed by atoms with van der Waals surface area (Å²) in [4.78, 5) is 10.3. The van der Waals surface area contributed by atoms with E-state index in [1.54, 1.807) is 12.2 Å². The third-order valence-electron chi connectivity index (χ3n) is 2.84. The lowest BCUT2D eigenvalue weighted by molar-refractivity contribution is -0.139. The molecular weight excluding hydrogens is 264 g/mol. The largest absolute Gasteiger partial charge is 0.481 e. The molecule has 1 unspecified atom stereocenters. The molecule has 4 heteroatoms. The van der Waals surface area contributed by atoms with Crippen LogP contribution in [0.3, 0.4) is 0 Å². The number of hydrogen-bond acceptors (Lipinski definition) is 3. The van der Waals surface area contributed by atoms with Crippen LogP contribution in [-0.4, -0.2) is 37.3 Å². The van der Waals surface area contributed by atoms with E-state index in [1.165, 1.54) is 12.8 Å². The summed E-state index contributed by atoms with van der Waals surface area (Å²) in [6.45, 7) is 8.60. The first-order valence-corrected chi connectivity index (χ1v) is 7.84. The van der Waals surface area contributed by atoms with Gasteiger partial charge in [0.2, 0.25) is 0 Å². The van der Waals surface area contributed by atoms with Crippen LogP contribution in [0.5, 0.6) is 0 Å². The van der Waals surface area contributed by atoms with Crippen LogP contribution in [0.1, 0.15) is 33.1 Å². The first-order chi connectivity index (χ1) is 10.2. The summed E-state index contributed by atoms with van der Waals surface area (Å²) in [6.07, 6.45) is 14.6.